The molecule has 1 fully saturated rings. The van der Waals surface area contributed by atoms with Crippen LogP contribution in [0.1, 0.15) is 13.3 Å². The third kappa shape index (κ3) is 3.27. The van der Waals surface area contributed by atoms with Gasteiger partial charge in [-0.1, -0.05) is 11.8 Å². The summed E-state index contributed by atoms with van der Waals surface area (Å²) in [7, 11) is 0. The van der Waals surface area contributed by atoms with Crippen LogP contribution in [0.3, 0.4) is 0 Å². The van der Waals surface area contributed by atoms with Crippen molar-refractivity contribution in [1.82, 2.24) is 14.9 Å². The predicted octanol–water partition coefficient (Wildman–Crippen LogP) is 1.35. The fourth-order valence-electron chi connectivity index (χ4n) is 1.43. The molecule has 1 aromatic heterocycles. The standard InChI is InChI=1S/C10H16N4S/c1-9-2-7-15-10(13-9)12-4-6-14-5-3-11-8-14/h3,5,8-9H,2,4,6-7H2,1H3,(H,12,13). The first kappa shape index (κ1) is 10.5. The number of amidine groups is 1. The molecular weight excluding hydrogens is 208 g/mol. The average Bonchev–Trinajstić information content (AvgIpc) is 2.71. The highest BCUT2D eigenvalue weighted by molar-refractivity contribution is 8.13. The summed E-state index contributed by atoms with van der Waals surface area (Å²) in [6, 6.07) is 0.568. The van der Waals surface area contributed by atoms with Crippen LogP contribution in [-0.4, -0.2) is 33.1 Å². The van der Waals surface area contributed by atoms with E-state index in [0.29, 0.717) is 6.04 Å². The van der Waals surface area contributed by atoms with Crippen molar-refractivity contribution in [2.75, 3.05) is 12.3 Å². The third-order valence-corrected chi connectivity index (χ3v) is 3.29. The maximum absolute atomic E-state index is 4.53. The zero-order valence-electron chi connectivity index (χ0n) is 8.89. The number of imidazole rings is 1. The summed E-state index contributed by atoms with van der Waals surface area (Å²) < 4.78 is 2.04. The molecule has 0 aromatic carbocycles. The Kier molecular flexibility index (Phi) is 3.66. The molecule has 1 atom stereocenters. The Morgan fingerprint density at radius 2 is 2.67 bits per heavy atom. The predicted molar refractivity (Wildman–Crippen MR) is 64.2 cm³/mol. The summed E-state index contributed by atoms with van der Waals surface area (Å²) in [6.07, 6.45) is 6.81. The minimum Gasteiger partial charge on any atom is -0.362 e. The smallest absolute Gasteiger partial charge is 0.156 e. The van der Waals surface area contributed by atoms with Gasteiger partial charge < -0.3 is 9.88 Å². The van der Waals surface area contributed by atoms with Crippen molar-refractivity contribution in [1.29, 1.82) is 0 Å². The zero-order chi connectivity index (χ0) is 10.5. The largest absolute Gasteiger partial charge is 0.362 e. The van der Waals surface area contributed by atoms with Gasteiger partial charge in [-0.3, -0.25) is 4.99 Å². The summed E-state index contributed by atoms with van der Waals surface area (Å²) in [5, 5.41) is 4.48. The normalized spacial score (nSPS) is 24.1. The first-order valence-corrected chi connectivity index (χ1v) is 6.22. The lowest BCUT2D eigenvalue weighted by molar-refractivity contribution is 0.638. The fraction of sp³-hybridized carbons (Fsp3) is 0.600. The van der Waals surface area contributed by atoms with Gasteiger partial charge in [0, 0.05) is 30.7 Å². The van der Waals surface area contributed by atoms with Gasteiger partial charge in [0.1, 0.15) is 0 Å². The summed E-state index contributed by atoms with van der Waals surface area (Å²) >= 11 is 1.82. The van der Waals surface area contributed by atoms with Gasteiger partial charge in [0.2, 0.25) is 0 Å². The first-order chi connectivity index (χ1) is 7.34. The second kappa shape index (κ2) is 5.21. The van der Waals surface area contributed by atoms with E-state index in [0.717, 1.165) is 18.3 Å². The Balaban J connectivity index is 1.78. The quantitative estimate of drug-likeness (QED) is 0.843. The highest BCUT2D eigenvalue weighted by atomic mass is 32.2. The Bertz CT molecular complexity index is 320. The SMILES string of the molecule is CC1CCSC(=NCCn2ccnc2)N1. The second-order valence-electron chi connectivity index (χ2n) is 3.67. The number of aromatic nitrogens is 2. The Morgan fingerprint density at radius 3 is 3.40 bits per heavy atom. The Labute approximate surface area is 94.2 Å². The van der Waals surface area contributed by atoms with Crippen LogP contribution in [0.25, 0.3) is 0 Å². The van der Waals surface area contributed by atoms with Crippen LogP contribution in [-0.2, 0) is 6.54 Å². The zero-order valence-corrected chi connectivity index (χ0v) is 9.70. The molecule has 1 aliphatic rings. The van der Waals surface area contributed by atoms with E-state index in [1.165, 1.54) is 12.2 Å². The van der Waals surface area contributed by atoms with Crippen LogP contribution in [0.15, 0.2) is 23.7 Å². The number of rotatable bonds is 3. The lowest BCUT2D eigenvalue weighted by Crippen LogP contribution is -2.35. The molecule has 1 aliphatic heterocycles. The molecule has 0 radical (unpaired) electrons. The van der Waals surface area contributed by atoms with E-state index >= 15 is 0 Å². The van der Waals surface area contributed by atoms with E-state index in [2.05, 4.69) is 22.2 Å². The molecule has 0 aliphatic carbocycles. The van der Waals surface area contributed by atoms with Crippen LogP contribution in [0, 0.1) is 0 Å². The first-order valence-electron chi connectivity index (χ1n) is 5.24. The molecule has 5 heteroatoms. The van der Waals surface area contributed by atoms with Gasteiger partial charge in [0.15, 0.2) is 5.17 Å². The number of nitrogens with one attached hydrogen (secondary N) is 1. The van der Waals surface area contributed by atoms with E-state index in [9.17, 15) is 0 Å². The van der Waals surface area contributed by atoms with Crippen molar-refractivity contribution in [2.45, 2.75) is 25.9 Å². The Hall–Kier alpha value is -0.970. The van der Waals surface area contributed by atoms with Crippen LogP contribution in [0.2, 0.25) is 0 Å². The van der Waals surface area contributed by atoms with Crippen molar-refractivity contribution in [3.8, 4) is 0 Å². The maximum Gasteiger partial charge on any atom is 0.156 e. The summed E-state index contributed by atoms with van der Waals surface area (Å²) in [4.78, 5) is 8.52. The number of thioether (sulfide) groups is 1. The van der Waals surface area contributed by atoms with E-state index in [-0.39, 0.29) is 0 Å². The molecule has 1 unspecified atom stereocenters. The number of nitrogens with zero attached hydrogens (tertiary/aromatic N) is 3. The number of aliphatic imine (C=N–C) groups is 1. The number of hydrogen-bond donors (Lipinski definition) is 1. The van der Waals surface area contributed by atoms with Crippen molar-refractivity contribution >= 4 is 16.9 Å². The molecule has 82 valence electrons. The topological polar surface area (TPSA) is 42.2 Å². The van der Waals surface area contributed by atoms with Gasteiger partial charge in [-0.15, -0.1) is 0 Å². The molecule has 2 rings (SSSR count). The molecule has 0 spiro atoms. The van der Waals surface area contributed by atoms with E-state index in [1.54, 1.807) is 6.20 Å². The van der Waals surface area contributed by atoms with Crippen molar-refractivity contribution in [3.05, 3.63) is 18.7 Å². The van der Waals surface area contributed by atoms with Crippen LogP contribution in [0.5, 0.6) is 0 Å². The molecule has 1 N–H and O–H groups in total. The average molecular weight is 224 g/mol. The van der Waals surface area contributed by atoms with Crippen molar-refractivity contribution < 1.29 is 0 Å². The van der Waals surface area contributed by atoms with Gasteiger partial charge in [-0.25, -0.2) is 4.98 Å². The highest BCUT2D eigenvalue weighted by Gasteiger charge is 2.12. The molecule has 15 heavy (non-hydrogen) atoms. The lowest BCUT2D eigenvalue weighted by Gasteiger charge is -2.21. The molecular formula is C10H16N4S. The van der Waals surface area contributed by atoms with Crippen LogP contribution >= 0.6 is 11.8 Å². The summed E-state index contributed by atoms with van der Waals surface area (Å²) in [6.45, 7) is 3.92. The molecule has 0 saturated carbocycles. The van der Waals surface area contributed by atoms with Crippen LogP contribution < -0.4 is 5.32 Å². The Morgan fingerprint density at radius 1 is 1.73 bits per heavy atom. The monoisotopic (exact) mass is 224 g/mol. The van der Waals surface area contributed by atoms with E-state index < -0.39 is 0 Å². The molecule has 0 amide bonds. The fourth-order valence-corrected chi connectivity index (χ4v) is 2.57. The molecule has 4 nitrogen and oxygen atoms in total. The van der Waals surface area contributed by atoms with Gasteiger partial charge in [0.25, 0.3) is 0 Å². The third-order valence-electron chi connectivity index (χ3n) is 2.33. The van der Waals surface area contributed by atoms with Crippen molar-refractivity contribution in [3.63, 3.8) is 0 Å². The van der Waals surface area contributed by atoms with Crippen LogP contribution in [0.4, 0.5) is 0 Å². The molecule has 0 bridgehead atoms. The summed E-state index contributed by atoms with van der Waals surface area (Å²) in [5.74, 6) is 1.18. The van der Waals surface area contributed by atoms with Gasteiger partial charge >= 0.3 is 0 Å². The molecule has 1 saturated heterocycles. The summed E-state index contributed by atoms with van der Waals surface area (Å²) in [5.41, 5.74) is 0. The maximum atomic E-state index is 4.53. The lowest BCUT2D eigenvalue weighted by atomic mass is 10.3. The number of hydrogen-bond acceptors (Lipinski definition) is 3. The molecule has 1 aromatic rings. The minimum atomic E-state index is 0.568. The van der Waals surface area contributed by atoms with Gasteiger partial charge in [-0.05, 0) is 13.3 Å². The molecule has 2 heterocycles. The van der Waals surface area contributed by atoms with Gasteiger partial charge in [-0.2, -0.15) is 0 Å². The second-order valence-corrected chi connectivity index (χ2v) is 4.75. The van der Waals surface area contributed by atoms with Crippen molar-refractivity contribution in [2.24, 2.45) is 4.99 Å². The van der Waals surface area contributed by atoms with E-state index in [4.69, 9.17) is 0 Å². The van der Waals surface area contributed by atoms with E-state index in [1.807, 2.05) is 28.9 Å². The highest BCUT2D eigenvalue weighted by Crippen LogP contribution is 2.13. The van der Waals surface area contributed by atoms with Gasteiger partial charge in [0.05, 0.1) is 12.9 Å². The minimum absolute atomic E-state index is 0.568.